The zero-order chi connectivity index (χ0) is 13.1. The molecule has 0 bridgehead atoms. The minimum Gasteiger partial charge on any atom is -0.326 e. The number of hydrogen-bond acceptors (Lipinski definition) is 2. The molecule has 0 unspecified atom stereocenters. The van der Waals surface area contributed by atoms with E-state index in [9.17, 15) is 9.18 Å². The van der Waals surface area contributed by atoms with Gasteiger partial charge in [0.1, 0.15) is 5.82 Å². The van der Waals surface area contributed by atoms with Crippen LogP contribution >= 0.6 is 15.9 Å². The third kappa shape index (κ3) is 2.66. The number of carbonyl (C=O) groups is 1. The molecular weight excluding hydrogens is 297 g/mol. The average Bonchev–Trinajstić information content (AvgIpc) is 2.41. The maximum Gasteiger partial charge on any atom is 0.196 e. The second-order valence-electron chi connectivity index (χ2n) is 3.86. The van der Waals surface area contributed by atoms with Gasteiger partial charge in [0, 0.05) is 16.6 Å². The summed E-state index contributed by atoms with van der Waals surface area (Å²) in [6.07, 6.45) is 0. The number of halogens is 2. The fourth-order valence-electron chi connectivity index (χ4n) is 1.67. The van der Waals surface area contributed by atoms with Crippen molar-refractivity contribution in [1.29, 1.82) is 0 Å². The Bertz CT molecular complexity index is 598. The maximum absolute atomic E-state index is 13.6. The van der Waals surface area contributed by atoms with Gasteiger partial charge < -0.3 is 5.73 Å². The SMILES string of the molecule is NCc1cccc(C(=O)c2cc(Br)ccc2F)c1. The Labute approximate surface area is 113 Å². The van der Waals surface area contributed by atoms with Gasteiger partial charge in [0.2, 0.25) is 0 Å². The van der Waals surface area contributed by atoms with Gasteiger partial charge in [-0.25, -0.2) is 4.39 Å². The molecule has 0 fully saturated rings. The molecule has 92 valence electrons. The van der Waals surface area contributed by atoms with Crippen LogP contribution in [-0.2, 0) is 6.54 Å². The third-order valence-corrected chi connectivity index (χ3v) is 3.09. The molecule has 18 heavy (non-hydrogen) atoms. The minimum atomic E-state index is -0.527. The van der Waals surface area contributed by atoms with Gasteiger partial charge in [-0.2, -0.15) is 0 Å². The molecule has 0 saturated heterocycles. The summed E-state index contributed by atoms with van der Waals surface area (Å²) in [6, 6.07) is 11.2. The zero-order valence-electron chi connectivity index (χ0n) is 9.49. The Morgan fingerprint density at radius 3 is 2.72 bits per heavy atom. The molecule has 0 atom stereocenters. The van der Waals surface area contributed by atoms with E-state index in [0.717, 1.165) is 5.56 Å². The van der Waals surface area contributed by atoms with Crippen LogP contribution < -0.4 is 5.73 Å². The first kappa shape index (κ1) is 12.9. The first-order valence-electron chi connectivity index (χ1n) is 5.40. The summed E-state index contributed by atoms with van der Waals surface area (Å²) in [7, 11) is 0. The Hall–Kier alpha value is -1.52. The Morgan fingerprint density at radius 1 is 1.22 bits per heavy atom. The van der Waals surface area contributed by atoms with E-state index in [0.29, 0.717) is 16.6 Å². The van der Waals surface area contributed by atoms with Crippen molar-refractivity contribution in [3.63, 3.8) is 0 Å². The summed E-state index contributed by atoms with van der Waals surface area (Å²) in [5.74, 6) is -0.870. The van der Waals surface area contributed by atoms with Gasteiger partial charge in [-0.15, -0.1) is 0 Å². The van der Waals surface area contributed by atoms with Crippen molar-refractivity contribution >= 4 is 21.7 Å². The van der Waals surface area contributed by atoms with Gasteiger partial charge in [-0.3, -0.25) is 4.79 Å². The number of rotatable bonds is 3. The van der Waals surface area contributed by atoms with Crippen LogP contribution in [0.2, 0.25) is 0 Å². The van der Waals surface area contributed by atoms with Crippen LogP contribution in [0.15, 0.2) is 46.9 Å². The number of carbonyl (C=O) groups excluding carboxylic acids is 1. The second-order valence-corrected chi connectivity index (χ2v) is 4.77. The molecule has 0 saturated carbocycles. The van der Waals surface area contributed by atoms with Crippen molar-refractivity contribution in [2.75, 3.05) is 0 Å². The summed E-state index contributed by atoms with van der Waals surface area (Å²) >= 11 is 3.23. The van der Waals surface area contributed by atoms with E-state index in [2.05, 4.69) is 15.9 Å². The number of ketones is 1. The number of hydrogen-bond donors (Lipinski definition) is 1. The minimum absolute atomic E-state index is 0.0542. The fourth-order valence-corrected chi connectivity index (χ4v) is 2.03. The summed E-state index contributed by atoms with van der Waals surface area (Å²) in [4.78, 5) is 12.2. The molecule has 2 aromatic rings. The van der Waals surface area contributed by atoms with Crippen LogP contribution in [0.1, 0.15) is 21.5 Å². The molecule has 2 nitrogen and oxygen atoms in total. The molecule has 0 aliphatic heterocycles. The monoisotopic (exact) mass is 307 g/mol. The topological polar surface area (TPSA) is 43.1 Å². The van der Waals surface area contributed by atoms with Gasteiger partial charge in [0.15, 0.2) is 5.78 Å². The largest absolute Gasteiger partial charge is 0.326 e. The average molecular weight is 308 g/mol. The van der Waals surface area contributed by atoms with Crippen LogP contribution in [0, 0.1) is 5.82 Å². The highest BCUT2D eigenvalue weighted by Crippen LogP contribution is 2.19. The van der Waals surface area contributed by atoms with E-state index < -0.39 is 5.82 Å². The normalized spacial score (nSPS) is 10.4. The van der Waals surface area contributed by atoms with E-state index in [-0.39, 0.29) is 11.3 Å². The maximum atomic E-state index is 13.6. The van der Waals surface area contributed by atoms with Crippen molar-refractivity contribution in [3.05, 3.63) is 69.4 Å². The smallest absolute Gasteiger partial charge is 0.196 e. The van der Waals surface area contributed by atoms with Gasteiger partial charge >= 0.3 is 0 Å². The van der Waals surface area contributed by atoms with Crippen molar-refractivity contribution in [3.8, 4) is 0 Å². The van der Waals surface area contributed by atoms with Gasteiger partial charge in [-0.1, -0.05) is 34.1 Å². The van der Waals surface area contributed by atoms with E-state index in [1.54, 1.807) is 24.3 Å². The van der Waals surface area contributed by atoms with Gasteiger partial charge in [0.05, 0.1) is 5.56 Å². The van der Waals surface area contributed by atoms with Crippen molar-refractivity contribution < 1.29 is 9.18 Å². The Morgan fingerprint density at radius 2 is 2.00 bits per heavy atom. The van der Waals surface area contributed by atoms with E-state index in [1.807, 2.05) is 6.07 Å². The Kier molecular flexibility index (Phi) is 3.89. The summed E-state index contributed by atoms with van der Waals surface area (Å²) < 4.78 is 14.3. The lowest BCUT2D eigenvalue weighted by molar-refractivity contribution is 0.103. The van der Waals surface area contributed by atoms with Crippen LogP contribution in [0.3, 0.4) is 0 Å². The summed E-state index contributed by atoms with van der Waals surface area (Å²) in [6.45, 7) is 0.349. The first-order valence-corrected chi connectivity index (χ1v) is 6.20. The molecule has 0 aromatic heterocycles. The molecule has 0 spiro atoms. The molecule has 0 heterocycles. The molecule has 2 aromatic carbocycles. The summed E-state index contributed by atoms with van der Waals surface area (Å²) in [5, 5.41) is 0. The highest BCUT2D eigenvalue weighted by molar-refractivity contribution is 9.10. The fraction of sp³-hybridized carbons (Fsp3) is 0.0714. The molecule has 0 aliphatic rings. The van der Waals surface area contributed by atoms with Gasteiger partial charge in [-0.05, 0) is 29.8 Å². The quantitative estimate of drug-likeness (QED) is 0.884. The molecule has 0 aliphatic carbocycles. The van der Waals surface area contributed by atoms with Crippen molar-refractivity contribution in [1.82, 2.24) is 0 Å². The van der Waals surface area contributed by atoms with E-state index in [1.165, 1.54) is 12.1 Å². The highest BCUT2D eigenvalue weighted by atomic mass is 79.9. The zero-order valence-corrected chi connectivity index (χ0v) is 11.1. The third-order valence-electron chi connectivity index (χ3n) is 2.60. The van der Waals surface area contributed by atoms with Crippen LogP contribution in [0.4, 0.5) is 4.39 Å². The molecular formula is C14H11BrFNO. The standard InChI is InChI=1S/C14H11BrFNO/c15-11-4-5-13(16)12(7-11)14(18)10-3-1-2-9(6-10)8-17/h1-7H,8,17H2. The Balaban J connectivity index is 2.44. The van der Waals surface area contributed by atoms with Crippen LogP contribution in [0.5, 0.6) is 0 Å². The van der Waals surface area contributed by atoms with Crippen molar-refractivity contribution in [2.24, 2.45) is 5.73 Å². The second kappa shape index (κ2) is 5.42. The lowest BCUT2D eigenvalue weighted by Gasteiger charge is -2.05. The number of nitrogens with two attached hydrogens (primary N) is 1. The lowest BCUT2D eigenvalue weighted by Crippen LogP contribution is -2.06. The highest BCUT2D eigenvalue weighted by Gasteiger charge is 2.14. The predicted molar refractivity (Wildman–Crippen MR) is 71.9 cm³/mol. The van der Waals surface area contributed by atoms with E-state index in [4.69, 9.17) is 5.73 Å². The first-order chi connectivity index (χ1) is 8.61. The van der Waals surface area contributed by atoms with Crippen LogP contribution in [0.25, 0.3) is 0 Å². The van der Waals surface area contributed by atoms with E-state index >= 15 is 0 Å². The van der Waals surface area contributed by atoms with Crippen molar-refractivity contribution in [2.45, 2.75) is 6.54 Å². The summed E-state index contributed by atoms with van der Waals surface area (Å²) in [5.41, 5.74) is 6.86. The van der Waals surface area contributed by atoms with Crippen LogP contribution in [-0.4, -0.2) is 5.78 Å². The molecule has 4 heteroatoms. The molecule has 2 rings (SSSR count). The van der Waals surface area contributed by atoms with Gasteiger partial charge in [0.25, 0.3) is 0 Å². The molecule has 0 amide bonds. The lowest BCUT2D eigenvalue weighted by atomic mass is 10.0. The number of benzene rings is 2. The predicted octanol–water partition coefficient (Wildman–Crippen LogP) is 3.28. The molecule has 2 N–H and O–H groups in total. The molecule has 0 radical (unpaired) electrons.